The minimum atomic E-state index is -0.446. The Morgan fingerprint density at radius 2 is 1.94 bits per heavy atom. The summed E-state index contributed by atoms with van der Waals surface area (Å²) in [5, 5.41) is 0.176. The Kier molecular flexibility index (Phi) is 6.14. The number of nitrogens with zero attached hydrogens (tertiary/aromatic N) is 8. The van der Waals surface area contributed by atoms with Gasteiger partial charge in [-0.1, -0.05) is 0 Å². The van der Waals surface area contributed by atoms with Crippen LogP contribution >= 0.6 is 11.6 Å². The Balaban J connectivity index is 1.59. The topological polar surface area (TPSA) is 111 Å². The summed E-state index contributed by atoms with van der Waals surface area (Å²) in [5.74, 6) is 1.47. The standard InChI is InChI=1S/C19H23ClN8O3/c1-4-31-17(29)12-9-21-19(22-10-12)26(2)11-13-23-14-15(27(13)3)24-18(20)25-16(14)28-5-7-30-8-6-28/h9-10H,4-8,11H2,1-3H3. The number of halogens is 1. The van der Waals surface area contributed by atoms with Crippen molar-refractivity contribution in [2.24, 2.45) is 7.05 Å². The number of rotatable bonds is 6. The molecule has 4 heterocycles. The summed E-state index contributed by atoms with van der Waals surface area (Å²) in [6.07, 6.45) is 2.90. The van der Waals surface area contributed by atoms with Gasteiger partial charge in [0.2, 0.25) is 11.2 Å². The number of carbonyl (C=O) groups excluding carboxylic acids is 1. The van der Waals surface area contributed by atoms with E-state index in [1.54, 1.807) is 6.92 Å². The molecule has 3 aromatic rings. The Hall–Kier alpha value is -3.05. The van der Waals surface area contributed by atoms with Crippen molar-refractivity contribution >= 4 is 40.5 Å². The van der Waals surface area contributed by atoms with Crippen LogP contribution in [0.1, 0.15) is 23.1 Å². The molecule has 0 atom stereocenters. The van der Waals surface area contributed by atoms with Crippen molar-refractivity contribution in [1.29, 1.82) is 0 Å². The smallest absolute Gasteiger partial charge is 0.341 e. The van der Waals surface area contributed by atoms with Crippen molar-refractivity contribution < 1.29 is 14.3 Å². The largest absolute Gasteiger partial charge is 0.462 e. The average Bonchev–Trinajstić information content (AvgIpc) is 3.09. The second-order valence-electron chi connectivity index (χ2n) is 7.02. The van der Waals surface area contributed by atoms with Crippen molar-refractivity contribution in [2.45, 2.75) is 13.5 Å². The van der Waals surface area contributed by atoms with Crippen LogP contribution in [0.25, 0.3) is 11.2 Å². The van der Waals surface area contributed by atoms with E-state index in [4.69, 9.17) is 26.1 Å². The molecule has 0 spiro atoms. The molecule has 12 heteroatoms. The number of morpholine rings is 1. The van der Waals surface area contributed by atoms with E-state index in [9.17, 15) is 4.79 Å². The molecule has 0 amide bonds. The molecule has 1 saturated heterocycles. The van der Waals surface area contributed by atoms with E-state index in [-0.39, 0.29) is 5.28 Å². The van der Waals surface area contributed by atoms with Crippen molar-refractivity contribution in [3.05, 3.63) is 29.1 Å². The molecule has 3 aromatic heterocycles. The maximum atomic E-state index is 11.8. The number of carbonyl (C=O) groups is 1. The molecule has 0 saturated carbocycles. The molecule has 0 aromatic carbocycles. The van der Waals surface area contributed by atoms with Gasteiger partial charge in [0, 0.05) is 39.6 Å². The normalized spacial score (nSPS) is 14.1. The van der Waals surface area contributed by atoms with Gasteiger partial charge in [0.15, 0.2) is 17.0 Å². The van der Waals surface area contributed by atoms with E-state index in [0.29, 0.717) is 54.9 Å². The second-order valence-corrected chi connectivity index (χ2v) is 7.36. The first-order valence-electron chi connectivity index (χ1n) is 9.89. The van der Waals surface area contributed by atoms with E-state index in [2.05, 4.69) is 24.8 Å². The van der Waals surface area contributed by atoms with Crippen LogP contribution in [0, 0.1) is 0 Å². The summed E-state index contributed by atoms with van der Waals surface area (Å²) in [4.78, 5) is 37.9. The third-order valence-corrected chi connectivity index (χ3v) is 5.11. The highest BCUT2D eigenvalue weighted by molar-refractivity contribution is 6.28. The molecule has 4 rings (SSSR count). The van der Waals surface area contributed by atoms with Crippen LogP contribution in [0.4, 0.5) is 11.8 Å². The third kappa shape index (κ3) is 4.37. The lowest BCUT2D eigenvalue weighted by atomic mass is 10.3. The van der Waals surface area contributed by atoms with Gasteiger partial charge in [0.1, 0.15) is 5.82 Å². The summed E-state index contributed by atoms with van der Waals surface area (Å²) in [5.41, 5.74) is 1.65. The fourth-order valence-corrected chi connectivity index (χ4v) is 3.48. The molecule has 0 N–H and O–H groups in total. The number of esters is 1. The fourth-order valence-electron chi connectivity index (χ4n) is 3.32. The summed E-state index contributed by atoms with van der Waals surface area (Å²) in [6.45, 7) is 5.16. The lowest BCUT2D eigenvalue weighted by Gasteiger charge is -2.27. The van der Waals surface area contributed by atoms with Gasteiger partial charge >= 0.3 is 5.97 Å². The molecular formula is C19H23ClN8O3. The molecule has 1 fully saturated rings. The number of aryl methyl sites for hydroxylation is 1. The number of fused-ring (bicyclic) bond motifs is 1. The number of ether oxygens (including phenoxy) is 2. The molecule has 0 aliphatic carbocycles. The summed E-state index contributed by atoms with van der Waals surface area (Å²) >= 11 is 6.20. The van der Waals surface area contributed by atoms with Gasteiger partial charge in [-0.2, -0.15) is 9.97 Å². The Morgan fingerprint density at radius 3 is 2.61 bits per heavy atom. The monoisotopic (exact) mass is 446 g/mol. The molecule has 0 radical (unpaired) electrons. The van der Waals surface area contributed by atoms with Crippen molar-refractivity contribution in [3.63, 3.8) is 0 Å². The second kappa shape index (κ2) is 8.98. The van der Waals surface area contributed by atoms with E-state index in [1.165, 1.54) is 12.4 Å². The molecule has 31 heavy (non-hydrogen) atoms. The van der Waals surface area contributed by atoms with Crippen LogP contribution in [0.15, 0.2) is 12.4 Å². The first kappa shape index (κ1) is 21.2. The van der Waals surface area contributed by atoms with Crippen LogP contribution in [-0.2, 0) is 23.1 Å². The highest BCUT2D eigenvalue weighted by Crippen LogP contribution is 2.26. The van der Waals surface area contributed by atoms with E-state index in [0.717, 1.165) is 18.9 Å². The molecule has 0 unspecified atom stereocenters. The number of aromatic nitrogens is 6. The van der Waals surface area contributed by atoms with Gasteiger partial charge in [-0.15, -0.1) is 0 Å². The zero-order valence-electron chi connectivity index (χ0n) is 17.6. The number of hydrogen-bond acceptors (Lipinski definition) is 10. The summed E-state index contributed by atoms with van der Waals surface area (Å²) in [6, 6.07) is 0. The van der Waals surface area contributed by atoms with Gasteiger partial charge in [0.05, 0.1) is 31.9 Å². The number of imidazole rings is 1. The fraction of sp³-hybridized carbons (Fsp3) is 0.474. The van der Waals surface area contributed by atoms with Crippen LogP contribution in [-0.4, -0.2) is 75.4 Å². The average molecular weight is 447 g/mol. The van der Waals surface area contributed by atoms with Crippen molar-refractivity contribution in [2.75, 3.05) is 49.8 Å². The minimum Gasteiger partial charge on any atom is -0.462 e. The maximum absolute atomic E-state index is 11.8. The summed E-state index contributed by atoms with van der Waals surface area (Å²) < 4.78 is 12.3. The van der Waals surface area contributed by atoms with E-state index in [1.807, 2.05) is 23.6 Å². The molecule has 1 aliphatic rings. The zero-order chi connectivity index (χ0) is 22.0. The van der Waals surface area contributed by atoms with Gasteiger partial charge in [-0.25, -0.2) is 19.7 Å². The first-order valence-corrected chi connectivity index (χ1v) is 10.3. The molecular weight excluding hydrogens is 424 g/mol. The Bertz CT molecular complexity index is 1080. The summed E-state index contributed by atoms with van der Waals surface area (Å²) in [7, 11) is 3.73. The lowest BCUT2D eigenvalue weighted by Crippen LogP contribution is -2.37. The zero-order valence-corrected chi connectivity index (χ0v) is 18.3. The molecule has 0 bridgehead atoms. The minimum absolute atomic E-state index is 0.176. The van der Waals surface area contributed by atoms with Crippen LogP contribution < -0.4 is 9.80 Å². The Labute approximate surface area is 184 Å². The first-order chi connectivity index (χ1) is 15.0. The van der Waals surface area contributed by atoms with Crippen molar-refractivity contribution in [3.8, 4) is 0 Å². The molecule has 1 aliphatic heterocycles. The van der Waals surface area contributed by atoms with Crippen LogP contribution in [0.3, 0.4) is 0 Å². The SMILES string of the molecule is CCOC(=O)c1cnc(N(C)Cc2nc3c(N4CCOCC4)nc(Cl)nc3n2C)nc1. The molecule has 11 nitrogen and oxygen atoms in total. The third-order valence-electron chi connectivity index (χ3n) is 4.95. The quantitative estimate of drug-likeness (QED) is 0.407. The van der Waals surface area contributed by atoms with Gasteiger partial charge in [0.25, 0.3) is 0 Å². The number of hydrogen-bond donors (Lipinski definition) is 0. The van der Waals surface area contributed by atoms with E-state index >= 15 is 0 Å². The predicted octanol–water partition coefficient (Wildman–Crippen LogP) is 1.46. The van der Waals surface area contributed by atoms with Gasteiger partial charge < -0.3 is 23.8 Å². The Morgan fingerprint density at radius 1 is 1.23 bits per heavy atom. The maximum Gasteiger partial charge on any atom is 0.341 e. The molecule has 164 valence electrons. The van der Waals surface area contributed by atoms with Crippen LogP contribution in [0.2, 0.25) is 5.28 Å². The van der Waals surface area contributed by atoms with Crippen LogP contribution in [0.5, 0.6) is 0 Å². The highest BCUT2D eigenvalue weighted by Gasteiger charge is 2.22. The predicted molar refractivity (Wildman–Crippen MR) is 114 cm³/mol. The number of anilines is 2. The van der Waals surface area contributed by atoms with Crippen molar-refractivity contribution in [1.82, 2.24) is 29.5 Å². The lowest BCUT2D eigenvalue weighted by molar-refractivity contribution is 0.0525. The van der Waals surface area contributed by atoms with Gasteiger partial charge in [-0.3, -0.25) is 0 Å². The highest BCUT2D eigenvalue weighted by atomic mass is 35.5. The van der Waals surface area contributed by atoms with Gasteiger partial charge in [-0.05, 0) is 18.5 Å². The van der Waals surface area contributed by atoms with E-state index < -0.39 is 5.97 Å².